The van der Waals surface area contributed by atoms with Gasteiger partial charge in [-0.2, -0.15) is 5.26 Å². The smallest absolute Gasteiger partial charge is 0.0991 e. The van der Waals surface area contributed by atoms with Gasteiger partial charge in [0.25, 0.3) is 0 Å². The molecule has 92 valence electrons. The number of rotatable bonds is 3. The van der Waals surface area contributed by atoms with Crippen molar-refractivity contribution < 1.29 is 4.21 Å². The van der Waals surface area contributed by atoms with Gasteiger partial charge < -0.3 is 0 Å². The fourth-order valence-electron chi connectivity index (χ4n) is 1.28. The van der Waals surface area contributed by atoms with E-state index in [1.165, 1.54) is 0 Å². The summed E-state index contributed by atoms with van der Waals surface area (Å²) in [7, 11) is -1.11. The minimum Gasteiger partial charge on any atom is -0.242 e. The zero-order valence-electron chi connectivity index (χ0n) is 10.7. The van der Waals surface area contributed by atoms with E-state index < -0.39 is 11.0 Å². The van der Waals surface area contributed by atoms with Crippen LogP contribution in [0.4, 0.5) is 0 Å². The molecule has 0 fully saturated rings. The lowest BCUT2D eigenvalue weighted by atomic mass is 10.1. The summed E-state index contributed by atoms with van der Waals surface area (Å²) in [5.41, 5.74) is 1.60. The summed E-state index contributed by atoms with van der Waals surface area (Å²) in [5, 5.41) is 8.82. The summed E-state index contributed by atoms with van der Waals surface area (Å²) in [5.74, 6) is 0. The average molecular weight is 250 g/mol. The first-order valence-electron chi connectivity index (χ1n) is 5.52. The highest BCUT2D eigenvalue weighted by Gasteiger charge is 2.21. The van der Waals surface area contributed by atoms with Crippen LogP contribution in [0.1, 0.15) is 44.9 Å². The SMILES string of the molecule is CC(NS(=O)C(C)(C)C)c1cccc(C#N)c1. The zero-order chi connectivity index (χ0) is 13.1. The van der Waals surface area contributed by atoms with E-state index in [2.05, 4.69) is 10.8 Å². The van der Waals surface area contributed by atoms with Crippen LogP contribution in [-0.4, -0.2) is 8.96 Å². The Kier molecular flexibility index (Phi) is 4.44. The van der Waals surface area contributed by atoms with E-state index in [4.69, 9.17) is 5.26 Å². The molecule has 0 aromatic heterocycles. The van der Waals surface area contributed by atoms with Crippen molar-refractivity contribution in [1.29, 1.82) is 5.26 Å². The van der Waals surface area contributed by atoms with Gasteiger partial charge in [-0.25, -0.2) is 8.93 Å². The lowest BCUT2D eigenvalue weighted by Gasteiger charge is -2.22. The van der Waals surface area contributed by atoms with Crippen LogP contribution in [0.5, 0.6) is 0 Å². The maximum Gasteiger partial charge on any atom is 0.0991 e. The molecule has 0 amide bonds. The highest BCUT2D eigenvalue weighted by Crippen LogP contribution is 2.17. The summed E-state index contributed by atoms with van der Waals surface area (Å²) in [4.78, 5) is 0. The molecule has 0 aliphatic heterocycles. The molecule has 0 bridgehead atoms. The summed E-state index contributed by atoms with van der Waals surface area (Å²) < 4.78 is 14.7. The largest absolute Gasteiger partial charge is 0.242 e. The molecule has 2 unspecified atom stereocenters. The number of nitrogens with zero attached hydrogens (tertiary/aromatic N) is 1. The first-order chi connectivity index (χ1) is 7.84. The molecule has 2 atom stereocenters. The van der Waals surface area contributed by atoms with Crippen molar-refractivity contribution in [3.8, 4) is 6.07 Å². The summed E-state index contributed by atoms with van der Waals surface area (Å²) in [6, 6.07) is 9.41. The molecular formula is C13H18N2OS. The fraction of sp³-hybridized carbons (Fsp3) is 0.462. The van der Waals surface area contributed by atoms with E-state index >= 15 is 0 Å². The Balaban J connectivity index is 2.80. The van der Waals surface area contributed by atoms with Crippen molar-refractivity contribution in [2.75, 3.05) is 0 Å². The van der Waals surface area contributed by atoms with Gasteiger partial charge >= 0.3 is 0 Å². The van der Waals surface area contributed by atoms with Gasteiger partial charge in [0.15, 0.2) is 0 Å². The van der Waals surface area contributed by atoms with Gasteiger partial charge in [-0.3, -0.25) is 0 Å². The number of nitriles is 1. The maximum atomic E-state index is 11.9. The zero-order valence-corrected chi connectivity index (χ0v) is 11.5. The van der Waals surface area contributed by atoms with Gasteiger partial charge in [0.2, 0.25) is 0 Å². The van der Waals surface area contributed by atoms with E-state index in [1.807, 2.05) is 45.9 Å². The fourth-order valence-corrected chi connectivity index (χ4v) is 2.09. The molecule has 0 saturated heterocycles. The van der Waals surface area contributed by atoms with Gasteiger partial charge in [0, 0.05) is 6.04 Å². The highest BCUT2D eigenvalue weighted by atomic mass is 32.2. The third-order valence-electron chi connectivity index (χ3n) is 2.36. The molecule has 3 nitrogen and oxygen atoms in total. The number of hydrogen-bond donors (Lipinski definition) is 1. The van der Waals surface area contributed by atoms with E-state index in [-0.39, 0.29) is 10.8 Å². The molecule has 0 heterocycles. The van der Waals surface area contributed by atoms with Gasteiger partial charge in [-0.05, 0) is 45.4 Å². The molecule has 0 spiro atoms. The molecule has 1 N–H and O–H groups in total. The first kappa shape index (κ1) is 13.9. The molecule has 1 aromatic rings. The van der Waals surface area contributed by atoms with Crippen LogP contribution in [0.3, 0.4) is 0 Å². The van der Waals surface area contributed by atoms with Crippen molar-refractivity contribution in [2.45, 2.75) is 38.5 Å². The highest BCUT2D eigenvalue weighted by molar-refractivity contribution is 7.84. The Morgan fingerprint density at radius 1 is 1.41 bits per heavy atom. The van der Waals surface area contributed by atoms with Gasteiger partial charge in [0.05, 0.1) is 27.4 Å². The number of benzene rings is 1. The second-order valence-corrected chi connectivity index (χ2v) is 6.96. The predicted molar refractivity (Wildman–Crippen MR) is 70.6 cm³/mol. The number of hydrogen-bond acceptors (Lipinski definition) is 2. The molecule has 4 heteroatoms. The van der Waals surface area contributed by atoms with Crippen LogP contribution >= 0.6 is 0 Å². The first-order valence-corrected chi connectivity index (χ1v) is 6.67. The summed E-state index contributed by atoms with van der Waals surface area (Å²) >= 11 is 0. The van der Waals surface area contributed by atoms with E-state index in [9.17, 15) is 4.21 Å². The van der Waals surface area contributed by atoms with E-state index in [0.29, 0.717) is 5.56 Å². The summed E-state index contributed by atoms with van der Waals surface area (Å²) in [6.07, 6.45) is 0. The van der Waals surface area contributed by atoms with Gasteiger partial charge in [-0.1, -0.05) is 12.1 Å². The van der Waals surface area contributed by atoms with Crippen LogP contribution in [0.2, 0.25) is 0 Å². The number of nitrogens with one attached hydrogen (secondary N) is 1. The van der Waals surface area contributed by atoms with Gasteiger partial charge in [0.1, 0.15) is 0 Å². The Labute approximate surface area is 105 Å². The Bertz CT molecular complexity index is 457. The molecule has 0 radical (unpaired) electrons. The second-order valence-electron chi connectivity index (χ2n) is 4.96. The van der Waals surface area contributed by atoms with Crippen molar-refractivity contribution in [2.24, 2.45) is 0 Å². The third-order valence-corrected chi connectivity index (χ3v) is 4.04. The van der Waals surface area contributed by atoms with Crippen molar-refractivity contribution in [1.82, 2.24) is 4.72 Å². The van der Waals surface area contributed by atoms with Crippen LogP contribution in [0.25, 0.3) is 0 Å². The van der Waals surface area contributed by atoms with Crippen molar-refractivity contribution >= 4 is 11.0 Å². The minimum absolute atomic E-state index is 0.0386. The molecule has 1 rings (SSSR count). The molecule has 0 saturated carbocycles. The standard InChI is InChI=1S/C13H18N2OS/c1-10(15-17(16)13(2,3)4)12-7-5-6-11(8-12)9-14/h5-8,10,15H,1-4H3. The molecule has 0 aliphatic carbocycles. The predicted octanol–water partition coefficient (Wildman–Crippen LogP) is 2.67. The maximum absolute atomic E-state index is 11.9. The Morgan fingerprint density at radius 3 is 2.59 bits per heavy atom. The van der Waals surface area contributed by atoms with Crippen LogP contribution in [0, 0.1) is 11.3 Å². The van der Waals surface area contributed by atoms with Crippen molar-refractivity contribution in [3.05, 3.63) is 35.4 Å². The lowest BCUT2D eigenvalue weighted by molar-refractivity contribution is 0.616. The Morgan fingerprint density at radius 2 is 2.06 bits per heavy atom. The third kappa shape index (κ3) is 3.95. The monoisotopic (exact) mass is 250 g/mol. The lowest BCUT2D eigenvalue weighted by Crippen LogP contribution is -2.34. The molecule has 1 aromatic carbocycles. The van der Waals surface area contributed by atoms with E-state index in [1.54, 1.807) is 6.07 Å². The van der Waals surface area contributed by atoms with Gasteiger partial charge in [-0.15, -0.1) is 0 Å². The Hall–Kier alpha value is -1.18. The average Bonchev–Trinajstić information content (AvgIpc) is 2.27. The van der Waals surface area contributed by atoms with Crippen LogP contribution < -0.4 is 4.72 Å². The van der Waals surface area contributed by atoms with Crippen molar-refractivity contribution in [3.63, 3.8) is 0 Å². The topological polar surface area (TPSA) is 52.9 Å². The quantitative estimate of drug-likeness (QED) is 0.896. The van der Waals surface area contributed by atoms with Crippen LogP contribution in [0.15, 0.2) is 24.3 Å². The summed E-state index contributed by atoms with van der Waals surface area (Å²) in [6.45, 7) is 7.72. The van der Waals surface area contributed by atoms with Crippen LogP contribution in [-0.2, 0) is 11.0 Å². The molecule has 0 aliphatic rings. The minimum atomic E-state index is -1.11. The second kappa shape index (κ2) is 5.44. The molecular weight excluding hydrogens is 232 g/mol. The molecule has 17 heavy (non-hydrogen) atoms. The van der Waals surface area contributed by atoms with E-state index in [0.717, 1.165) is 5.56 Å². The normalized spacial score (nSPS) is 15.0.